The van der Waals surface area contributed by atoms with Crippen LogP contribution in [0.5, 0.6) is 6.01 Å². The summed E-state index contributed by atoms with van der Waals surface area (Å²) >= 11 is 0. The number of aryl methyl sites for hydroxylation is 1. The molecule has 9 heteroatoms. The van der Waals surface area contributed by atoms with Crippen molar-refractivity contribution < 1.29 is 9.13 Å². The zero-order chi connectivity index (χ0) is 21.8. The van der Waals surface area contributed by atoms with Crippen LogP contribution in [-0.2, 0) is 6.42 Å². The zero-order valence-corrected chi connectivity index (χ0v) is 18.2. The largest absolute Gasteiger partial charge is 0.456 e. The Morgan fingerprint density at radius 2 is 2.00 bits per heavy atom. The zero-order valence-electron chi connectivity index (χ0n) is 18.2. The number of fused-ring (bicyclic) bond motifs is 1. The Hall–Kier alpha value is -2.97. The number of nitrogens with two attached hydrogens (primary N) is 1. The first-order valence-corrected chi connectivity index (χ1v) is 11.0. The molecule has 0 radical (unpaired) electrons. The van der Waals surface area contributed by atoms with Crippen LogP contribution in [0.2, 0.25) is 0 Å². The lowest BCUT2D eigenvalue weighted by Crippen LogP contribution is -2.30. The van der Waals surface area contributed by atoms with E-state index in [2.05, 4.69) is 33.0 Å². The highest BCUT2D eigenvalue weighted by molar-refractivity contribution is 5.60. The number of aromatic nitrogens is 5. The van der Waals surface area contributed by atoms with Crippen LogP contribution in [0.3, 0.4) is 0 Å². The van der Waals surface area contributed by atoms with Gasteiger partial charge in [-0.05, 0) is 43.7 Å². The van der Waals surface area contributed by atoms with E-state index in [1.165, 1.54) is 19.3 Å². The van der Waals surface area contributed by atoms with Crippen molar-refractivity contribution in [1.82, 2.24) is 24.6 Å². The molecule has 3 aromatic heterocycles. The maximum absolute atomic E-state index is 13.2. The smallest absolute Gasteiger partial charge is 0.336 e. The summed E-state index contributed by atoms with van der Waals surface area (Å²) in [6.45, 7) is 5.62. The van der Waals surface area contributed by atoms with Crippen molar-refractivity contribution in [2.24, 2.45) is 0 Å². The second kappa shape index (κ2) is 9.45. The number of halogens is 1. The van der Waals surface area contributed by atoms with Gasteiger partial charge in [-0.2, -0.15) is 4.98 Å². The molecule has 1 aliphatic heterocycles. The predicted octanol–water partition coefficient (Wildman–Crippen LogP) is 3.51. The highest BCUT2D eigenvalue weighted by atomic mass is 19.1. The predicted molar refractivity (Wildman–Crippen MR) is 118 cm³/mol. The topological polar surface area (TPSA) is 94.5 Å². The second-order valence-corrected chi connectivity index (χ2v) is 8.16. The Morgan fingerprint density at radius 3 is 2.71 bits per heavy atom. The fourth-order valence-electron chi connectivity index (χ4n) is 4.11. The summed E-state index contributed by atoms with van der Waals surface area (Å²) in [7, 11) is 0. The van der Waals surface area contributed by atoms with E-state index in [9.17, 15) is 4.39 Å². The Kier molecular flexibility index (Phi) is 6.48. The lowest BCUT2D eigenvalue weighted by atomic mass is 10.1. The van der Waals surface area contributed by atoms with E-state index in [4.69, 9.17) is 15.5 Å². The van der Waals surface area contributed by atoms with Gasteiger partial charge < -0.3 is 15.4 Å². The van der Waals surface area contributed by atoms with E-state index in [0.717, 1.165) is 42.1 Å². The fourth-order valence-corrected chi connectivity index (χ4v) is 4.11. The average molecular weight is 428 g/mol. The molecule has 8 nitrogen and oxygen atoms in total. The van der Waals surface area contributed by atoms with Crippen molar-refractivity contribution in [3.63, 3.8) is 0 Å². The molecule has 31 heavy (non-hydrogen) atoms. The number of piperidine rings is 1. The summed E-state index contributed by atoms with van der Waals surface area (Å²) in [6.07, 6.45) is 8.79. The SMILES string of the molecule is CCCC(CF)Oc1nc(N)c2ncc(Cc3cnc(N4CCCCC4)c(C)c3)n2n1. The van der Waals surface area contributed by atoms with Gasteiger partial charge >= 0.3 is 6.01 Å². The Bertz CT molecular complexity index is 1030. The van der Waals surface area contributed by atoms with E-state index in [1.807, 2.05) is 13.1 Å². The number of nitrogen functional groups attached to an aromatic ring is 1. The van der Waals surface area contributed by atoms with Gasteiger partial charge in [0.25, 0.3) is 0 Å². The monoisotopic (exact) mass is 427 g/mol. The molecule has 1 unspecified atom stereocenters. The minimum atomic E-state index is -0.597. The summed E-state index contributed by atoms with van der Waals surface area (Å²) < 4.78 is 20.5. The van der Waals surface area contributed by atoms with Gasteiger partial charge in [-0.1, -0.05) is 19.4 Å². The first kappa shape index (κ1) is 21.3. The van der Waals surface area contributed by atoms with Crippen LogP contribution < -0.4 is 15.4 Å². The van der Waals surface area contributed by atoms with Crippen molar-refractivity contribution in [3.8, 4) is 6.01 Å². The number of ether oxygens (including phenoxy) is 1. The summed E-state index contributed by atoms with van der Waals surface area (Å²) in [5, 5.41) is 4.42. The third-order valence-electron chi connectivity index (χ3n) is 5.64. The van der Waals surface area contributed by atoms with Crippen molar-refractivity contribution >= 4 is 17.3 Å². The summed E-state index contributed by atoms with van der Waals surface area (Å²) in [5.74, 6) is 1.28. The highest BCUT2D eigenvalue weighted by Crippen LogP contribution is 2.24. The van der Waals surface area contributed by atoms with Crippen LogP contribution >= 0.6 is 0 Å². The van der Waals surface area contributed by atoms with E-state index in [-0.39, 0.29) is 11.8 Å². The van der Waals surface area contributed by atoms with E-state index >= 15 is 0 Å². The second-order valence-electron chi connectivity index (χ2n) is 8.16. The minimum absolute atomic E-state index is 0.0649. The molecule has 0 spiro atoms. The average Bonchev–Trinajstić information content (AvgIpc) is 3.17. The first-order chi connectivity index (χ1) is 15.1. The van der Waals surface area contributed by atoms with Gasteiger partial charge in [-0.3, -0.25) is 0 Å². The molecule has 4 rings (SSSR count). The molecule has 1 fully saturated rings. The van der Waals surface area contributed by atoms with Gasteiger partial charge in [0, 0.05) is 25.7 Å². The molecule has 1 atom stereocenters. The summed E-state index contributed by atoms with van der Waals surface area (Å²) in [5.41, 5.74) is 9.58. The Morgan fingerprint density at radius 1 is 1.19 bits per heavy atom. The maximum Gasteiger partial charge on any atom is 0.336 e. The van der Waals surface area contributed by atoms with Crippen LogP contribution in [0, 0.1) is 6.92 Å². The maximum atomic E-state index is 13.2. The van der Waals surface area contributed by atoms with Gasteiger partial charge in [0.15, 0.2) is 11.5 Å². The van der Waals surface area contributed by atoms with Crippen LogP contribution in [0.4, 0.5) is 16.0 Å². The lowest BCUT2D eigenvalue weighted by Gasteiger charge is -2.29. The van der Waals surface area contributed by atoms with E-state index in [1.54, 1.807) is 10.7 Å². The number of hydrogen-bond acceptors (Lipinski definition) is 7. The molecule has 0 amide bonds. The summed E-state index contributed by atoms with van der Waals surface area (Å²) in [4.78, 5) is 15.6. The quantitative estimate of drug-likeness (QED) is 0.588. The number of alkyl halides is 1. The normalized spacial score (nSPS) is 15.4. The van der Waals surface area contributed by atoms with Gasteiger partial charge in [-0.15, -0.1) is 5.10 Å². The first-order valence-electron chi connectivity index (χ1n) is 11.0. The van der Waals surface area contributed by atoms with E-state index < -0.39 is 12.8 Å². The number of nitrogens with zero attached hydrogens (tertiary/aromatic N) is 6. The molecule has 166 valence electrons. The summed E-state index contributed by atoms with van der Waals surface area (Å²) in [6, 6.07) is 2.23. The van der Waals surface area contributed by atoms with Crippen LogP contribution in [0.25, 0.3) is 5.65 Å². The van der Waals surface area contributed by atoms with Gasteiger partial charge in [-0.25, -0.2) is 18.9 Å². The van der Waals surface area contributed by atoms with Crippen LogP contribution in [0.1, 0.15) is 55.8 Å². The fraction of sp³-hybridized carbons (Fsp3) is 0.545. The molecule has 0 aliphatic carbocycles. The number of anilines is 2. The third-order valence-corrected chi connectivity index (χ3v) is 5.64. The number of rotatable bonds is 8. The molecule has 1 aliphatic rings. The molecule has 0 aromatic carbocycles. The molecular weight excluding hydrogens is 397 g/mol. The van der Waals surface area contributed by atoms with Gasteiger partial charge in [0.1, 0.15) is 18.6 Å². The molecule has 1 saturated heterocycles. The van der Waals surface area contributed by atoms with Crippen molar-refractivity contribution in [2.45, 2.75) is 58.5 Å². The highest BCUT2D eigenvalue weighted by Gasteiger charge is 2.18. The minimum Gasteiger partial charge on any atom is -0.456 e. The van der Waals surface area contributed by atoms with Crippen LogP contribution in [0.15, 0.2) is 18.5 Å². The van der Waals surface area contributed by atoms with Crippen LogP contribution in [-0.4, -0.2) is 50.4 Å². The Labute approximate surface area is 181 Å². The number of imidazole rings is 1. The molecule has 0 bridgehead atoms. The van der Waals surface area contributed by atoms with Gasteiger partial charge in [0.2, 0.25) is 0 Å². The number of hydrogen-bond donors (Lipinski definition) is 1. The lowest BCUT2D eigenvalue weighted by molar-refractivity contribution is 0.139. The van der Waals surface area contributed by atoms with Gasteiger partial charge in [0.05, 0.1) is 11.9 Å². The molecular formula is C22H30FN7O. The molecule has 4 heterocycles. The standard InChI is InChI=1S/C22H30FN7O/c1-3-7-18(12-23)31-22-27-19(24)21-26-14-17(30(21)28-22)11-16-10-15(2)20(25-13-16)29-8-5-4-6-9-29/h10,13-14,18H,3-9,11-12H2,1-2H3,(H2,24,27,28). The van der Waals surface area contributed by atoms with Crippen molar-refractivity contribution in [1.29, 1.82) is 0 Å². The molecule has 2 N–H and O–H groups in total. The van der Waals surface area contributed by atoms with Crippen molar-refractivity contribution in [3.05, 3.63) is 35.3 Å². The molecule has 0 saturated carbocycles. The molecule has 3 aromatic rings. The van der Waals surface area contributed by atoms with E-state index in [0.29, 0.717) is 18.5 Å². The van der Waals surface area contributed by atoms with Crippen molar-refractivity contribution in [2.75, 3.05) is 30.4 Å². The Balaban J connectivity index is 1.57. The number of pyridine rings is 1. The third kappa shape index (κ3) is 4.70.